The Bertz CT molecular complexity index is 460. The molecule has 0 aliphatic heterocycles. The minimum atomic E-state index is -0.142. The van der Waals surface area contributed by atoms with Crippen LogP contribution in [0.2, 0.25) is 0 Å². The van der Waals surface area contributed by atoms with Crippen LogP contribution in [-0.2, 0) is 11.2 Å². The third kappa shape index (κ3) is 1.63. The van der Waals surface area contributed by atoms with Gasteiger partial charge in [0.2, 0.25) is 0 Å². The number of carbonyl (C=O) groups excluding carboxylic acids is 2. The Labute approximate surface area is 92.4 Å². The summed E-state index contributed by atoms with van der Waals surface area (Å²) in [5.74, 6) is -0.142. The Balaban J connectivity index is 2.56. The van der Waals surface area contributed by atoms with Gasteiger partial charge in [-0.3, -0.25) is 9.59 Å². The molecule has 76 valence electrons. The molecule has 0 aromatic heterocycles. The van der Waals surface area contributed by atoms with Crippen molar-refractivity contribution in [3.8, 4) is 0 Å². The van der Waals surface area contributed by atoms with E-state index in [1.807, 2.05) is 24.5 Å². The molecule has 0 atom stereocenters. The molecular formula is C12H10O2S. The topological polar surface area (TPSA) is 34.1 Å². The van der Waals surface area contributed by atoms with E-state index in [0.29, 0.717) is 23.8 Å². The molecule has 0 unspecified atom stereocenters. The van der Waals surface area contributed by atoms with Gasteiger partial charge in [-0.05, 0) is 11.8 Å². The first-order valence-corrected chi connectivity index (χ1v) is 5.85. The molecule has 0 bridgehead atoms. The zero-order valence-corrected chi connectivity index (χ0v) is 9.14. The zero-order chi connectivity index (χ0) is 10.8. The third-order valence-electron chi connectivity index (χ3n) is 2.52. The smallest absolute Gasteiger partial charge is 0.197 e. The van der Waals surface area contributed by atoms with E-state index in [0.717, 1.165) is 10.5 Å². The molecule has 3 heteroatoms. The van der Waals surface area contributed by atoms with E-state index >= 15 is 0 Å². The lowest BCUT2D eigenvalue weighted by Crippen LogP contribution is -2.16. The maximum atomic E-state index is 11.9. The molecule has 0 heterocycles. The fourth-order valence-electron chi connectivity index (χ4n) is 1.74. The maximum absolute atomic E-state index is 11.9. The van der Waals surface area contributed by atoms with E-state index in [1.54, 1.807) is 6.07 Å². The van der Waals surface area contributed by atoms with Crippen LogP contribution in [0.5, 0.6) is 0 Å². The molecule has 1 aromatic carbocycles. The van der Waals surface area contributed by atoms with E-state index in [-0.39, 0.29) is 5.78 Å². The molecule has 0 spiro atoms. The van der Waals surface area contributed by atoms with Crippen LogP contribution in [0.3, 0.4) is 0 Å². The summed E-state index contributed by atoms with van der Waals surface area (Å²) >= 11 is 1.47. The van der Waals surface area contributed by atoms with Crippen LogP contribution in [0.25, 0.3) is 0 Å². The molecule has 1 aromatic rings. The lowest BCUT2D eigenvalue weighted by Gasteiger charge is -2.17. The number of aldehydes is 1. The van der Waals surface area contributed by atoms with Gasteiger partial charge in [-0.2, -0.15) is 0 Å². The summed E-state index contributed by atoms with van der Waals surface area (Å²) in [6, 6.07) is 7.45. The van der Waals surface area contributed by atoms with E-state index in [4.69, 9.17) is 0 Å². The Morgan fingerprint density at radius 1 is 1.33 bits per heavy atom. The number of fused-ring (bicyclic) bond motifs is 1. The lowest BCUT2D eigenvalue weighted by atomic mass is 9.91. The summed E-state index contributed by atoms with van der Waals surface area (Å²) in [4.78, 5) is 23.6. The van der Waals surface area contributed by atoms with Crippen LogP contribution in [-0.4, -0.2) is 18.3 Å². The summed E-state index contributed by atoms with van der Waals surface area (Å²) in [6.45, 7) is 0. The maximum Gasteiger partial charge on any atom is 0.197 e. The van der Waals surface area contributed by atoms with E-state index < -0.39 is 0 Å². The van der Waals surface area contributed by atoms with Crippen LogP contribution in [0.15, 0.2) is 34.7 Å². The van der Waals surface area contributed by atoms with Gasteiger partial charge in [-0.1, -0.05) is 24.3 Å². The highest BCUT2D eigenvalue weighted by Gasteiger charge is 2.24. The Kier molecular flexibility index (Phi) is 2.73. The first-order valence-electron chi connectivity index (χ1n) is 4.63. The highest BCUT2D eigenvalue weighted by molar-refractivity contribution is 8.02. The first-order chi connectivity index (χ1) is 7.27. The van der Waals surface area contributed by atoms with Gasteiger partial charge in [0.15, 0.2) is 12.1 Å². The number of hydrogen-bond acceptors (Lipinski definition) is 3. The van der Waals surface area contributed by atoms with Gasteiger partial charge >= 0.3 is 0 Å². The normalized spacial score (nSPS) is 15.1. The fourth-order valence-corrected chi connectivity index (χ4v) is 2.40. The monoisotopic (exact) mass is 218 g/mol. The van der Waals surface area contributed by atoms with Crippen molar-refractivity contribution >= 4 is 23.8 Å². The number of Topliss-reactive ketones (excluding diaryl/α,β-unsaturated/α-hetero) is 1. The molecule has 0 N–H and O–H groups in total. The van der Waals surface area contributed by atoms with Crippen molar-refractivity contribution in [3.05, 3.63) is 45.9 Å². The van der Waals surface area contributed by atoms with Gasteiger partial charge in [-0.25, -0.2) is 0 Å². The summed E-state index contributed by atoms with van der Waals surface area (Å²) in [5, 5.41) is 0. The predicted molar refractivity (Wildman–Crippen MR) is 61.1 cm³/mol. The number of hydrogen-bond donors (Lipinski definition) is 0. The molecule has 1 aliphatic rings. The fraction of sp³-hybridized carbons (Fsp3) is 0.167. The number of ketones is 1. The standard InChI is InChI=1S/C12H10O2S/c1-15-11-6-8-4-2-3-5-9(8)12(14)10(11)7-13/h2-5,7H,6H2,1H3. The van der Waals surface area contributed by atoms with Gasteiger partial charge in [0.25, 0.3) is 0 Å². The van der Waals surface area contributed by atoms with Crippen molar-refractivity contribution in [3.63, 3.8) is 0 Å². The quantitative estimate of drug-likeness (QED) is 0.564. The van der Waals surface area contributed by atoms with Crippen LogP contribution in [0.1, 0.15) is 15.9 Å². The van der Waals surface area contributed by atoms with Crippen LogP contribution in [0.4, 0.5) is 0 Å². The van der Waals surface area contributed by atoms with Gasteiger partial charge in [-0.15, -0.1) is 11.8 Å². The number of benzene rings is 1. The molecule has 0 saturated heterocycles. The minimum absolute atomic E-state index is 0.142. The van der Waals surface area contributed by atoms with Crippen molar-refractivity contribution in [2.24, 2.45) is 0 Å². The van der Waals surface area contributed by atoms with E-state index in [2.05, 4.69) is 0 Å². The average molecular weight is 218 g/mol. The van der Waals surface area contributed by atoms with Crippen LogP contribution in [0, 0.1) is 0 Å². The number of carbonyl (C=O) groups is 2. The van der Waals surface area contributed by atoms with Gasteiger partial charge in [0, 0.05) is 16.9 Å². The Morgan fingerprint density at radius 3 is 2.73 bits per heavy atom. The highest BCUT2D eigenvalue weighted by Crippen LogP contribution is 2.30. The largest absolute Gasteiger partial charge is 0.298 e. The Hall–Kier alpha value is -1.35. The number of allylic oxidation sites excluding steroid dienone is 2. The summed E-state index contributed by atoms with van der Waals surface area (Å²) < 4.78 is 0. The SMILES string of the molecule is CSC1=C(C=O)C(=O)c2ccccc2C1. The van der Waals surface area contributed by atoms with Crippen LogP contribution >= 0.6 is 11.8 Å². The molecule has 1 aliphatic carbocycles. The first kappa shape index (κ1) is 10.2. The van der Waals surface area contributed by atoms with Gasteiger partial charge in [0.05, 0.1) is 5.57 Å². The second kappa shape index (κ2) is 4.03. The van der Waals surface area contributed by atoms with Gasteiger partial charge in [0.1, 0.15) is 0 Å². The highest BCUT2D eigenvalue weighted by atomic mass is 32.2. The van der Waals surface area contributed by atoms with Crippen molar-refractivity contribution < 1.29 is 9.59 Å². The molecule has 0 saturated carbocycles. The van der Waals surface area contributed by atoms with E-state index in [1.165, 1.54) is 11.8 Å². The van der Waals surface area contributed by atoms with E-state index in [9.17, 15) is 9.59 Å². The zero-order valence-electron chi connectivity index (χ0n) is 8.32. The molecule has 0 fully saturated rings. The second-order valence-corrected chi connectivity index (χ2v) is 4.22. The molecule has 15 heavy (non-hydrogen) atoms. The predicted octanol–water partition coefficient (Wildman–Crippen LogP) is 2.24. The van der Waals surface area contributed by atoms with Crippen molar-refractivity contribution in [2.75, 3.05) is 6.26 Å². The van der Waals surface area contributed by atoms with Gasteiger partial charge < -0.3 is 0 Å². The molecular weight excluding hydrogens is 208 g/mol. The van der Waals surface area contributed by atoms with Crippen molar-refractivity contribution in [1.82, 2.24) is 0 Å². The average Bonchev–Trinajstić information content (AvgIpc) is 2.29. The molecule has 2 rings (SSSR count). The molecule has 2 nitrogen and oxygen atoms in total. The molecule has 0 amide bonds. The van der Waals surface area contributed by atoms with Crippen LogP contribution < -0.4 is 0 Å². The lowest BCUT2D eigenvalue weighted by molar-refractivity contribution is -0.104. The summed E-state index contributed by atoms with van der Waals surface area (Å²) in [5.41, 5.74) is 2.00. The Morgan fingerprint density at radius 2 is 2.07 bits per heavy atom. The van der Waals surface area contributed by atoms with Crippen molar-refractivity contribution in [2.45, 2.75) is 6.42 Å². The third-order valence-corrected chi connectivity index (χ3v) is 3.38. The van der Waals surface area contributed by atoms with Crippen molar-refractivity contribution in [1.29, 1.82) is 0 Å². The minimum Gasteiger partial charge on any atom is -0.298 e. The molecule has 0 radical (unpaired) electrons. The summed E-state index contributed by atoms with van der Waals surface area (Å²) in [7, 11) is 0. The number of thioether (sulfide) groups is 1. The number of rotatable bonds is 2. The summed E-state index contributed by atoms with van der Waals surface area (Å²) in [6.07, 6.45) is 3.25. The second-order valence-electron chi connectivity index (χ2n) is 3.32.